The Balaban J connectivity index is 1.91. The van der Waals surface area contributed by atoms with Gasteiger partial charge in [0.15, 0.2) is 6.61 Å². The third kappa shape index (κ3) is 5.91. The SMILES string of the molecule is C/C(=N/NC(=O)COc1ccc(C(C)(C)C)cc1)c1cccc([N+](=O)[O-])c1. The first-order valence-electron chi connectivity index (χ1n) is 8.48. The summed E-state index contributed by atoms with van der Waals surface area (Å²) in [5, 5.41) is 14.8. The first-order valence-corrected chi connectivity index (χ1v) is 8.48. The van der Waals surface area contributed by atoms with Gasteiger partial charge in [0.05, 0.1) is 10.6 Å². The van der Waals surface area contributed by atoms with Crippen LogP contribution in [0.15, 0.2) is 53.6 Å². The number of carbonyl (C=O) groups excluding carboxylic acids is 1. The third-order valence-corrected chi connectivity index (χ3v) is 3.91. The second-order valence-electron chi connectivity index (χ2n) is 7.10. The Labute approximate surface area is 158 Å². The van der Waals surface area contributed by atoms with Crippen molar-refractivity contribution in [1.29, 1.82) is 0 Å². The first kappa shape index (κ1) is 20.1. The minimum atomic E-state index is -0.478. The molecule has 0 atom stereocenters. The maximum atomic E-state index is 11.9. The van der Waals surface area contributed by atoms with Gasteiger partial charge in [0.1, 0.15) is 5.75 Å². The molecule has 0 bridgehead atoms. The largest absolute Gasteiger partial charge is 0.484 e. The summed E-state index contributed by atoms with van der Waals surface area (Å²) < 4.78 is 5.45. The predicted octanol–water partition coefficient (Wildman–Crippen LogP) is 3.81. The number of rotatable bonds is 6. The van der Waals surface area contributed by atoms with Crippen molar-refractivity contribution in [2.75, 3.05) is 6.61 Å². The number of ether oxygens (including phenoxy) is 1. The fourth-order valence-electron chi connectivity index (χ4n) is 2.29. The quantitative estimate of drug-likeness (QED) is 0.476. The van der Waals surface area contributed by atoms with Gasteiger partial charge in [-0.3, -0.25) is 14.9 Å². The summed E-state index contributed by atoms with van der Waals surface area (Å²) in [4.78, 5) is 22.2. The highest BCUT2D eigenvalue weighted by molar-refractivity contribution is 5.99. The van der Waals surface area contributed by atoms with Crippen molar-refractivity contribution in [3.8, 4) is 5.75 Å². The van der Waals surface area contributed by atoms with Crippen LogP contribution in [0.2, 0.25) is 0 Å². The van der Waals surface area contributed by atoms with Crippen molar-refractivity contribution in [3.05, 3.63) is 69.8 Å². The standard InChI is InChI=1S/C20H23N3O4/c1-14(15-6-5-7-17(12-15)23(25)26)21-22-19(24)13-27-18-10-8-16(9-11-18)20(2,3)4/h5-12H,13H2,1-4H3,(H,22,24)/b21-14-. The second-order valence-corrected chi connectivity index (χ2v) is 7.10. The Morgan fingerprint density at radius 2 is 1.85 bits per heavy atom. The second kappa shape index (κ2) is 8.44. The highest BCUT2D eigenvalue weighted by Crippen LogP contribution is 2.24. The minimum Gasteiger partial charge on any atom is -0.484 e. The summed E-state index contributed by atoms with van der Waals surface area (Å²) in [6, 6.07) is 13.6. The Morgan fingerprint density at radius 3 is 2.44 bits per heavy atom. The zero-order valence-corrected chi connectivity index (χ0v) is 15.9. The highest BCUT2D eigenvalue weighted by Gasteiger charge is 2.13. The van der Waals surface area contributed by atoms with E-state index in [0.717, 1.165) is 0 Å². The molecule has 0 unspecified atom stereocenters. The molecule has 27 heavy (non-hydrogen) atoms. The van der Waals surface area contributed by atoms with Crippen LogP contribution in [0.4, 0.5) is 5.69 Å². The molecule has 1 amide bonds. The number of nitro groups is 1. The summed E-state index contributed by atoms with van der Waals surface area (Å²) >= 11 is 0. The van der Waals surface area contributed by atoms with Crippen molar-refractivity contribution in [3.63, 3.8) is 0 Å². The van der Waals surface area contributed by atoms with E-state index in [0.29, 0.717) is 17.0 Å². The molecular formula is C20H23N3O4. The van der Waals surface area contributed by atoms with Gasteiger partial charge in [0.25, 0.3) is 11.6 Å². The monoisotopic (exact) mass is 369 g/mol. The van der Waals surface area contributed by atoms with Crippen LogP contribution in [0.3, 0.4) is 0 Å². The number of nitrogens with zero attached hydrogens (tertiary/aromatic N) is 2. The molecule has 0 aliphatic heterocycles. The normalized spacial score (nSPS) is 11.8. The van der Waals surface area contributed by atoms with Crippen LogP contribution in [0.25, 0.3) is 0 Å². The van der Waals surface area contributed by atoms with Gasteiger partial charge >= 0.3 is 0 Å². The predicted molar refractivity (Wildman–Crippen MR) is 104 cm³/mol. The molecule has 0 saturated carbocycles. The highest BCUT2D eigenvalue weighted by atomic mass is 16.6. The summed E-state index contributed by atoms with van der Waals surface area (Å²) in [5.74, 6) is 0.178. The Morgan fingerprint density at radius 1 is 1.19 bits per heavy atom. The van der Waals surface area contributed by atoms with Gasteiger partial charge in [0.2, 0.25) is 0 Å². The summed E-state index contributed by atoms with van der Waals surface area (Å²) in [6.07, 6.45) is 0. The van der Waals surface area contributed by atoms with Gasteiger partial charge in [-0.1, -0.05) is 45.0 Å². The number of hydrazone groups is 1. The Hall–Kier alpha value is -3.22. The Kier molecular flexibility index (Phi) is 6.28. The van der Waals surface area contributed by atoms with Crippen molar-refractivity contribution in [2.45, 2.75) is 33.1 Å². The van der Waals surface area contributed by atoms with Crippen LogP contribution in [0.1, 0.15) is 38.8 Å². The zero-order chi connectivity index (χ0) is 20.0. The lowest BCUT2D eigenvalue weighted by atomic mass is 9.87. The molecule has 0 fully saturated rings. The molecule has 0 heterocycles. The summed E-state index contributed by atoms with van der Waals surface area (Å²) in [7, 11) is 0. The van der Waals surface area contributed by atoms with Gasteiger partial charge in [0, 0.05) is 17.7 Å². The minimum absolute atomic E-state index is 0.0320. The van der Waals surface area contributed by atoms with Crippen molar-refractivity contribution in [1.82, 2.24) is 5.43 Å². The zero-order valence-electron chi connectivity index (χ0n) is 15.9. The topological polar surface area (TPSA) is 93.8 Å². The maximum Gasteiger partial charge on any atom is 0.277 e. The summed E-state index contributed by atoms with van der Waals surface area (Å²) in [5.41, 5.74) is 4.60. The number of nitro benzene ring substituents is 1. The molecule has 0 aliphatic carbocycles. The molecule has 2 aromatic carbocycles. The van der Waals surface area contributed by atoms with Crippen LogP contribution in [-0.4, -0.2) is 23.1 Å². The molecule has 1 N–H and O–H groups in total. The fraction of sp³-hybridized carbons (Fsp3) is 0.300. The molecule has 142 valence electrons. The van der Waals surface area contributed by atoms with E-state index < -0.39 is 10.8 Å². The van der Waals surface area contributed by atoms with Gasteiger partial charge in [-0.15, -0.1) is 0 Å². The molecule has 2 rings (SSSR count). The molecular weight excluding hydrogens is 346 g/mol. The van der Waals surface area contributed by atoms with E-state index in [1.807, 2.05) is 24.3 Å². The number of non-ortho nitro benzene ring substituents is 1. The van der Waals surface area contributed by atoms with E-state index in [2.05, 4.69) is 31.3 Å². The molecule has 2 aromatic rings. The lowest BCUT2D eigenvalue weighted by Crippen LogP contribution is -2.25. The number of hydrogen-bond donors (Lipinski definition) is 1. The molecule has 7 heteroatoms. The summed E-state index contributed by atoms with van der Waals surface area (Å²) in [6.45, 7) is 7.85. The van der Waals surface area contributed by atoms with E-state index in [9.17, 15) is 14.9 Å². The fourth-order valence-corrected chi connectivity index (χ4v) is 2.29. The molecule has 0 aromatic heterocycles. The van der Waals surface area contributed by atoms with Gasteiger partial charge in [-0.25, -0.2) is 5.43 Å². The van der Waals surface area contributed by atoms with Crippen LogP contribution >= 0.6 is 0 Å². The number of amides is 1. The smallest absolute Gasteiger partial charge is 0.277 e. The van der Waals surface area contributed by atoms with Crippen LogP contribution in [0, 0.1) is 10.1 Å². The number of nitrogens with one attached hydrogen (secondary N) is 1. The van der Waals surface area contributed by atoms with E-state index in [4.69, 9.17) is 4.74 Å². The van der Waals surface area contributed by atoms with E-state index in [1.165, 1.54) is 17.7 Å². The molecule has 0 saturated heterocycles. The third-order valence-electron chi connectivity index (χ3n) is 3.91. The van der Waals surface area contributed by atoms with Crippen LogP contribution < -0.4 is 10.2 Å². The van der Waals surface area contributed by atoms with E-state index in [-0.39, 0.29) is 17.7 Å². The molecule has 0 radical (unpaired) electrons. The van der Waals surface area contributed by atoms with Gasteiger partial charge in [-0.2, -0.15) is 5.10 Å². The molecule has 7 nitrogen and oxygen atoms in total. The maximum absolute atomic E-state index is 11.9. The first-order chi connectivity index (χ1) is 12.7. The number of carbonyl (C=O) groups is 1. The average molecular weight is 369 g/mol. The average Bonchev–Trinajstić information content (AvgIpc) is 2.64. The van der Waals surface area contributed by atoms with Crippen molar-refractivity contribution < 1.29 is 14.5 Å². The van der Waals surface area contributed by atoms with Gasteiger partial charge < -0.3 is 4.74 Å². The molecule has 0 aliphatic rings. The molecule has 0 spiro atoms. The lowest BCUT2D eigenvalue weighted by molar-refractivity contribution is -0.384. The Bertz CT molecular complexity index is 852. The lowest BCUT2D eigenvalue weighted by Gasteiger charge is -2.19. The number of hydrogen-bond acceptors (Lipinski definition) is 5. The van der Waals surface area contributed by atoms with Crippen LogP contribution in [0.5, 0.6) is 5.75 Å². The number of benzene rings is 2. The van der Waals surface area contributed by atoms with Crippen molar-refractivity contribution >= 4 is 17.3 Å². The van der Waals surface area contributed by atoms with E-state index >= 15 is 0 Å². The van der Waals surface area contributed by atoms with Crippen LogP contribution in [-0.2, 0) is 10.2 Å². The van der Waals surface area contributed by atoms with Gasteiger partial charge in [-0.05, 0) is 30.0 Å². The van der Waals surface area contributed by atoms with Crippen molar-refractivity contribution in [2.24, 2.45) is 5.10 Å². The van der Waals surface area contributed by atoms with E-state index in [1.54, 1.807) is 19.1 Å².